The predicted octanol–water partition coefficient (Wildman–Crippen LogP) is 2.52. The van der Waals surface area contributed by atoms with E-state index in [1.807, 2.05) is 24.0 Å². The Balaban J connectivity index is 1.46. The number of nitrogens with one attached hydrogen (secondary N) is 1. The Labute approximate surface area is 158 Å². The number of carbonyl (C=O) groups is 2. The molecule has 0 unspecified atom stereocenters. The number of amides is 2. The molecule has 1 aliphatic heterocycles. The highest BCUT2D eigenvalue weighted by molar-refractivity contribution is 7.13. The number of nitrogens with zero attached hydrogens (tertiary/aromatic N) is 2. The van der Waals surface area contributed by atoms with Crippen molar-refractivity contribution in [2.75, 3.05) is 32.7 Å². The third kappa shape index (κ3) is 5.16. The third-order valence-corrected chi connectivity index (χ3v) is 5.55. The summed E-state index contributed by atoms with van der Waals surface area (Å²) in [5.74, 6) is -0.176. The molecule has 0 saturated carbocycles. The van der Waals surface area contributed by atoms with Gasteiger partial charge in [0.2, 0.25) is 5.91 Å². The van der Waals surface area contributed by atoms with Gasteiger partial charge in [0.25, 0.3) is 5.91 Å². The average Bonchev–Trinajstić information content (AvgIpc) is 2.95. The first-order chi connectivity index (χ1) is 12.6. The molecule has 1 saturated heterocycles. The zero-order valence-electron chi connectivity index (χ0n) is 15.1. The minimum Gasteiger partial charge on any atom is -0.342 e. The van der Waals surface area contributed by atoms with E-state index in [0.717, 1.165) is 37.5 Å². The van der Waals surface area contributed by atoms with E-state index >= 15 is 0 Å². The van der Waals surface area contributed by atoms with Gasteiger partial charge in [0.05, 0.1) is 11.4 Å². The largest absolute Gasteiger partial charge is 0.342 e. The number of thiophene rings is 1. The summed E-state index contributed by atoms with van der Waals surface area (Å²) < 4.78 is 0. The molecule has 2 amide bonds. The highest BCUT2D eigenvalue weighted by Crippen LogP contribution is 2.14. The van der Waals surface area contributed by atoms with Crippen molar-refractivity contribution in [2.45, 2.75) is 19.9 Å². The molecule has 0 radical (unpaired) electrons. The number of benzene rings is 1. The van der Waals surface area contributed by atoms with Gasteiger partial charge in [-0.2, -0.15) is 0 Å². The van der Waals surface area contributed by atoms with Gasteiger partial charge in [-0.3, -0.25) is 14.5 Å². The first kappa shape index (κ1) is 18.6. The highest BCUT2D eigenvalue weighted by Gasteiger charge is 2.20. The van der Waals surface area contributed by atoms with Gasteiger partial charge in [0, 0.05) is 37.6 Å². The molecule has 1 N–H and O–H groups in total. The van der Waals surface area contributed by atoms with Crippen LogP contribution >= 0.6 is 11.3 Å². The van der Waals surface area contributed by atoms with Gasteiger partial charge in [0.1, 0.15) is 0 Å². The molecule has 1 aromatic carbocycles. The van der Waals surface area contributed by atoms with E-state index in [1.54, 1.807) is 6.07 Å². The molecule has 1 fully saturated rings. The molecule has 0 atom stereocenters. The zero-order chi connectivity index (χ0) is 18.4. The molecule has 0 spiro atoms. The van der Waals surface area contributed by atoms with Gasteiger partial charge < -0.3 is 10.2 Å². The van der Waals surface area contributed by atoms with Crippen molar-refractivity contribution in [3.63, 3.8) is 0 Å². The quantitative estimate of drug-likeness (QED) is 0.879. The molecule has 5 nitrogen and oxygen atoms in total. The van der Waals surface area contributed by atoms with Gasteiger partial charge in [0.15, 0.2) is 0 Å². The molecule has 26 heavy (non-hydrogen) atoms. The van der Waals surface area contributed by atoms with Crippen molar-refractivity contribution >= 4 is 23.2 Å². The van der Waals surface area contributed by atoms with Crippen LogP contribution in [-0.2, 0) is 11.3 Å². The van der Waals surface area contributed by atoms with Crippen LogP contribution in [0.2, 0.25) is 0 Å². The van der Waals surface area contributed by atoms with Gasteiger partial charge in [-0.05, 0) is 31.0 Å². The van der Waals surface area contributed by atoms with E-state index in [-0.39, 0.29) is 18.4 Å². The van der Waals surface area contributed by atoms with Crippen molar-refractivity contribution < 1.29 is 9.59 Å². The zero-order valence-corrected chi connectivity index (χ0v) is 15.9. The molecular formula is C20H25N3O2S. The lowest BCUT2D eigenvalue weighted by atomic mass is 10.2. The predicted molar refractivity (Wildman–Crippen MR) is 104 cm³/mol. The summed E-state index contributed by atoms with van der Waals surface area (Å²) >= 11 is 1.44. The van der Waals surface area contributed by atoms with E-state index in [1.165, 1.54) is 16.9 Å². The fourth-order valence-electron chi connectivity index (χ4n) is 3.13. The summed E-state index contributed by atoms with van der Waals surface area (Å²) in [6.07, 6.45) is 0.955. The average molecular weight is 372 g/mol. The first-order valence-corrected chi connectivity index (χ1v) is 9.82. The molecule has 0 aliphatic carbocycles. The maximum Gasteiger partial charge on any atom is 0.261 e. The highest BCUT2D eigenvalue weighted by atomic mass is 32.1. The van der Waals surface area contributed by atoms with Crippen molar-refractivity contribution in [1.29, 1.82) is 0 Å². The lowest BCUT2D eigenvalue weighted by molar-refractivity contribution is -0.130. The van der Waals surface area contributed by atoms with Crippen molar-refractivity contribution in [1.82, 2.24) is 15.1 Å². The van der Waals surface area contributed by atoms with Crippen LogP contribution in [0.25, 0.3) is 0 Å². The molecule has 0 bridgehead atoms. The summed E-state index contributed by atoms with van der Waals surface area (Å²) in [5, 5.41) is 2.75. The molecule has 2 aromatic rings. The number of hydrogen-bond donors (Lipinski definition) is 1. The Hall–Kier alpha value is -2.18. The Morgan fingerprint density at radius 1 is 1.04 bits per heavy atom. The van der Waals surface area contributed by atoms with Crippen LogP contribution in [0, 0.1) is 6.92 Å². The maximum absolute atomic E-state index is 12.5. The minimum atomic E-state index is -0.169. The number of carbonyl (C=O) groups excluding carboxylic acids is 2. The minimum absolute atomic E-state index is 0.00631. The fraction of sp³-hybridized carbons (Fsp3) is 0.400. The van der Waals surface area contributed by atoms with Crippen molar-refractivity contribution in [2.24, 2.45) is 0 Å². The summed E-state index contributed by atoms with van der Waals surface area (Å²) in [4.78, 5) is 30.5. The van der Waals surface area contributed by atoms with Crippen LogP contribution in [0.3, 0.4) is 0 Å². The topological polar surface area (TPSA) is 52.7 Å². The van der Waals surface area contributed by atoms with E-state index in [2.05, 4.69) is 34.5 Å². The first-order valence-electron chi connectivity index (χ1n) is 9.00. The van der Waals surface area contributed by atoms with Crippen LogP contribution in [-0.4, -0.2) is 54.3 Å². The molecule has 138 valence electrons. The Morgan fingerprint density at radius 2 is 1.85 bits per heavy atom. The molecule has 2 heterocycles. The summed E-state index contributed by atoms with van der Waals surface area (Å²) in [7, 11) is 0. The van der Waals surface area contributed by atoms with Gasteiger partial charge in [-0.25, -0.2) is 0 Å². The summed E-state index contributed by atoms with van der Waals surface area (Å²) in [5.41, 5.74) is 1.30. The smallest absolute Gasteiger partial charge is 0.261 e. The normalized spacial score (nSPS) is 15.5. The maximum atomic E-state index is 12.5. The van der Waals surface area contributed by atoms with Crippen LogP contribution in [0.15, 0.2) is 42.5 Å². The van der Waals surface area contributed by atoms with Crippen LogP contribution < -0.4 is 5.32 Å². The lowest BCUT2D eigenvalue weighted by Crippen LogP contribution is -2.41. The molecule has 6 heteroatoms. The number of rotatable bonds is 5. The number of hydrogen-bond acceptors (Lipinski definition) is 4. The van der Waals surface area contributed by atoms with Gasteiger partial charge in [-0.15, -0.1) is 11.3 Å². The van der Waals surface area contributed by atoms with E-state index < -0.39 is 0 Å². The van der Waals surface area contributed by atoms with Gasteiger partial charge >= 0.3 is 0 Å². The SMILES string of the molecule is Cc1ccc(C(=O)NCC(=O)N2CCCN(Cc3ccccc3)CC2)s1. The summed E-state index contributed by atoms with van der Waals surface area (Å²) in [6.45, 7) is 6.24. The second-order valence-corrected chi connectivity index (χ2v) is 7.88. The molecular weight excluding hydrogens is 346 g/mol. The van der Waals surface area contributed by atoms with Crippen LogP contribution in [0.5, 0.6) is 0 Å². The molecule has 1 aliphatic rings. The second-order valence-electron chi connectivity index (χ2n) is 6.59. The monoisotopic (exact) mass is 371 g/mol. The third-order valence-electron chi connectivity index (χ3n) is 4.55. The molecule has 3 rings (SSSR count). The summed E-state index contributed by atoms with van der Waals surface area (Å²) in [6, 6.07) is 14.1. The van der Waals surface area contributed by atoms with Crippen molar-refractivity contribution in [3.05, 3.63) is 57.8 Å². The molecule has 1 aromatic heterocycles. The van der Waals surface area contributed by atoms with E-state index in [4.69, 9.17) is 0 Å². The van der Waals surface area contributed by atoms with E-state index in [9.17, 15) is 9.59 Å². The van der Waals surface area contributed by atoms with Crippen molar-refractivity contribution in [3.8, 4) is 0 Å². The standard InChI is InChI=1S/C20H25N3O2S/c1-16-8-9-18(26-16)20(25)21-14-19(24)23-11-5-10-22(12-13-23)15-17-6-3-2-4-7-17/h2-4,6-9H,5,10-15H2,1H3,(H,21,25). The number of aryl methyl sites for hydroxylation is 1. The van der Waals surface area contributed by atoms with E-state index in [0.29, 0.717) is 11.4 Å². The lowest BCUT2D eigenvalue weighted by Gasteiger charge is -2.22. The van der Waals surface area contributed by atoms with Crippen LogP contribution in [0.1, 0.15) is 26.5 Å². The second kappa shape index (κ2) is 8.96. The fourth-order valence-corrected chi connectivity index (χ4v) is 3.92. The van der Waals surface area contributed by atoms with Gasteiger partial charge in [-0.1, -0.05) is 30.3 Å². The Kier molecular flexibility index (Phi) is 6.41. The Morgan fingerprint density at radius 3 is 2.58 bits per heavy atom. The van der Waals surface area contributed by atoms with Crippen LogP contribution in [0.4, 0.5) is 0 Å². The Bertz CT molecular complexity index is 745.